The Morgan fingerprint density at radius 3 is 2.15 bits per heavy atom. The zero-order valence-electron chi connectivity index (χ0n) is 22.8. The lowest BCUT2D eigenvalue weighted by atomic mass is 10.1. The second-order valence-electron chi connectivity index (χ2n) is 9.81. The molecule has 0 aliphatic rings. The number of hydrogen-bond acceptors (Lipinski definition) is 5. The van der Waals surface area contributed by atoms with E-state index in [1.54, 1.807) is 23.9 Å². The molecule has 204 valence electrons. The molecule has 40 heavy (non-hydrogen) atoms. The Morgan fingerprint density at radius 2 is 1.48 bits per heavy atom. The van der Waals surface area contributed by atoms with E-state index in [0.29, 0.717) is 12.2 Å². The van der Waals surface area contributed by atoms with Crippen molar-refractivity contribution in [3.05, 3.63) is 125 Å². The quantitative estimate of drug-likeness (QED) is 0.183. The molecule has 8 heteroatoms. The molecule has 5 rings (SSSR count). The molecule has 0 bridgehead atoms. The fraction of sp³-hybridized carbons (Fsp3) is 0.188. The van der Waals surface area contributed by atoms with Gasteiger partial charge in [-0.2, -0.15) is 0 Å². The first-order valence-electron chi connectivity index (χ1n) is 13.2. The van der Waals surface area contributed by atoms with Crippen LogP contribution in [0.4, 0.5) is 0 Å². The van der Waals surface area contributed by atoms with Gasteiger partial charge in [-0.15, -0.1) is 10.2 Å². The third-order valence-corrected chi connectivity index (χ3v) is 9.33. The lowest BCUT2D eigenvalue weighted by Crippen LogP contribution is -2.29. The average Bonchev–Trinajstić information content (AvgIpc) is 3.39. The van der Waals surface area contributed by atoms with E-state index >= 15 is 0 Å². The Morgan fingerprint density at radius 1 is 0.800 bits per heavy atom. The van der Waals surface area contributed by atoms with Crippen LogP contribution >= 0.6 is 11.8 Å². The molecule has 0 aliphatic heterocycles. The lowest BCUT2D eigenvalue weighted by Gasteiger charge is -2.19. The summed E-state index contributed by atoms with van der Waals surface area (Å²) >= 11 is 1.57. The molecular formula is C32H32N4O2S2. The van der Waals surface area contributed by atoms with Gasteiger partial charge >= 0.3 is 0 Å². The lowest BCUT2D eigenvalue weighted by molar-refractivity contribution is 0.551. The summed E-state index contributed by atoms with van der Waals surface area (Å²) in [6, 6.07) is 32.6. The Bertz CT molecular complexity index is 1680. The molecule has 0 radical (unpaired) electrons. The summed E-state index contributed by atoms with van der Waals surface area (Å²) in [4.78, 5) is 0.258. The van der Waals surface area contributed by atoms with E-state index in [1.807, 2.05) is 79.7 Å². The van der Waals surface area contributed by atoms with Crippen LogP contribution in [0.15, 0.2) is 113 Å². The van der Waals surface area contributed by atoms with Crippen LogP contribution in [0.25, 0.3) is 17.1 Å². The van der Waals surface area contributed by atoms with Crippen LogP contribution in [0.5, 0.6) is 0 Å². The predicted molar refractivity (Wildman–Crippen MR) is 162 cm³/mol. The molecule has 0 fully saturated rings. The minimum absolute atomic E-state index is 0.258. The van der Waals surface area contributed by atoms with E-state index in [-0.39, 0.29) is 4.90 Å². The van der Waals surface area contributed by atoms with Crippen LogP contribution in [0, 0.1) is 20.8 Å². The van der Waals surface area contributed by atoms with Gasteiger partial charge < -0.3 is 0 Å². The van der Waals surface area contributed by atoms with Crippen LogP contribution in [0.3, 0.4) is 0 Å². The summed E-state index contributed by atoms with van der Waals surface area (Å²) in [6.45, 7) is 6.14. The van der Waals surface area contributed by atoms with Gasteiger partial charge in [-0.25, -0.2) is 13.1 Å². The molecule has 1 N–H and O–H groups in total. The first-order valence-corrected chi connectivity index (χ1v) is 15.6. The molecule has 6 nitrogen and oxygen atoms in total. The number of hydrogen-bond donors (Lipinski definition) is 1. The maximum absolute atomic E-state index is 13.3. The fourth-order valence-corrected chi connectivity index (χ4v) is 6.67. The minimum atomic E-state index is -3.70. The van der Waals surface area contributed by atoms with Crippen molar-refractivity contribution in [2.45, 2.75) is 43.3 Å². The van der Waals surface area contributed by atoms with Crippen molar-refractivity contribution in [2.24, 2.45) is 0 Å². The zero-order chi connectivity index (χ0) is 28.1. The first kappa shape index (κ1) is 27.8. The van der Waals surface area contributed by atoms with Gasteiger partial charge in [-0.05, 0) is 68.1 Å². The van der Waals surface area contributed by atoms with E-state index in [0.717, 1.165) is 33.4 Å². The van der Waals surface area contributed by atoms with Gasteiger partial charge in [0.1, 0.15) is 0 Å². The summed E-state index contributed by atoms with van der Waals surface area (Å²) in [5, 5.41) is 9.88. The third-order valence-electron chi connectivity index (χ3n) is 6.88. The molecule has 0 amide bonds. The van der Waals surface area contributed by atoms with Crippen molar-refractivity contribution in [1.82, 2.24) is 19.5 Å². The minimum Gasteiger partial charge on any atom is -0.270 e. The van der Waals surface area contributed by atoms with Gasteiger partial charge in [0.15, 0.2) is 11.0 Å². The highest BCUT2D eigenvalue weighted by atomic mass is 32.2. The normalized spacial score (nSPS) is 12.4. The molecular weight excluding hydrogens is 537 g/mol. The van der Waals surface area contributed by atoms with Gasteiger partial charge in [-0.1, -0.05) is 96.2 Å². The van der Waals surface area contributed by atoms with Crippen molar-refractivity contribution in [1.29, 1.82) is 0 Å². The number of aryl methyl sites for hydroxylation is 3. The Labute approximate surface area is 240 Å². The number of benzene rings is 4. The molecule has 1 atom stereocenters. The Kier molecular flexibility index (Phi) is 8.49. The first-order chi connectivity index (χ1) is 19.3. The highest BCUT2D eigenvalue weighted by Crippen LogP contribution is 2.31. The molecule has 0 unspecified atom stereocenters. The standard InChI is InChI=1S/C32H32N4O2S2/c1-23-14-18-29(19-15-23)40(37,38)35-30(26-10-6-4-7-11-26)20-21-39-32-34-33-31(27-12-8-5-9-13-27)36(32)28-17-16-24(2)25(3)22-28/h4-19,22,30,35H,20-21H2,1-3H3/t30-/m1/s1. The third kappa shape index (κ3) is 6.36. The van der Waals surface area contributed by atoms with E-state index in [9.17, 15) is 8.42 Å². The molecule has 1 heterocycles. The van der Waals surface area contributed by atoms with Crippen molar-refractivity contribution < 1.29 is 8.42 Å². The van der Waals surface area contributed by atoms with E-state index in [1.165, 1.54) is 11.1 Å². The van der Waals surface area contributed by atoms with E-state index in [4.69, 9.17) is 0 Å². The maximum Gasteiger partial charge on any atom is 0.241 e. The van der Waals surface area contributed by atoms with E-state index in [2.05, 4.69) is 51.5 Å². The van der Waals surface area contributed by atoms with Crippen LogP contribution in [0.1, 0.15) is 34.7 Å². The second kappa shape index (κ2) is 12.2. The molecule has 4 aromatic carbocycles. The smallest absolute Gasteiger partial charge is 0.241 e. The van der Waals surface area contributed by atoms with Crippen LogP contribution in [-0.4, -0.2) is 28.9 Å². The monoisotopic (exact) mass is 568 g/mol. The summed E-state index contributed by atoms with van der Waals surface area (Å²) < 4.78 is 31.6. The summed E-state index contributed by atoms with van der Waals surface area (Å²) in [5.41, 5.74) is 6.31. The fourth-order valence-electron chi connectivity index (χ4n) is 4.45. The predicted octanol–water partition coefficient (Wildman–Crippen LogP) is 7.06. The summed E-state index contributed by atoms with van der Waals surface area (Å²) in [6.07, 6.45) is 0.570. The highest BCUT2D eigenvalue weighted by Gasteiger charge is 2.23. The van der Waals surface area contributed by atoms with E-state index < -0.39 is 16.1 Å². The number of nitrogens with zero attached hydrogens (tertiary/aromatic N) is 3. The van der Waals surface area contributed by atoms with Crippen LogP contribution in [0.2, 0.25) is 0 Å². The zero-order valence-corrected chi connectivity index (χ0v) is 24.4. The van der Waals surface area contributed by atoms with Crippen LogP contribution in [-0.2, 0) is 10.0 Å². The number of nitrogens with one attached hydrogen (secondary N) is 1. The van der Waals surface area contributed by atoms with Gasteiger partial charge in [-0.3, -0.25) is 4.57 Å². The summed E-state index contributed by atoms with van der Waals surface area (Å²) in [7, 11) is -3.70. The molecule has 0 aliphatic carbocycles. The van der Waals surface area contributed by atoms with Crippen molar-refractivity contribution in [2.75, 3.05) is 5.75 Å². The van der Waals surface area contributed by atoms with Gasteiger partial charge in [0.05, 0.1) is 10.6 Å². The number of rotatable bonds is 10. The van der Waals surface area contributed by atoms with Crippen LogP contribution < -0.4 is 4.72 Å². The Balaban J connectivity index is 1.42. The maximum atomic E-state index is 13.3. The SMILES string of the molecule is Cc1ccc(S(=O)(=O)N[C@H](CCSc2nnc(-c3ccccc3)n2-c2ccc(C)c(C)c2)c2ccccc2)cc1. The Hall–Kier alpha value is -3.72. The molecule has 0 saturated carbocycles. The number of aromatic nitrogens is 3. The highest BCUT2D eigenvalue weighted by molar-refractivity contribution is 7.99. The number of thioether (sulfide) groups is 1. The number of sulfonamides is 1. The molecule has 0 saturated heterocycles. The molecule has 5 aromatic rings. The second-order valence-corrected chi connectivity index (χ2v) is 12.6. The summed E-state index contributed by atoms with van der Waals surface area (Å²) in [5.74, 6) is 1.40. The van der Waals surface area contributed by atoms with Gasteiger partial charge in [0.25, 0.3) is 0 Å². The van der Waals surface area contributed by atoms with Gasteiger partial charge in [0, 0.05) is 17.4 Å². The molecule has 1 aromatic heterocycles. The largest absolute Gasteiger partial charge is 0.270 e. The van der Waals surface area contributed by atoms with Gasteiger partial charge in [0.2, 0.25) is 10.0 Å². The van der Waals surface area contributed by atoms with Crippen molar-refractivity contribution in [3.8, 4) is 17.1 Å². The topological polar surface area (TPSA) is 76.9 Å². The average molecular weight is 569 g/mol. The van der Waals surface area contributed by atoms with Crippen molar-refractivity contribution >= 4 is 21.8 Å². The van der Waals surface area contributed by atoms with Crippen molar-refractivity contribution in [3.63, 3.8) is 0 Å². The molecule has 0 spiro atoms.